The minimum atomic E-state index is 0. The van der Waals surface area contributed by atoms with Crippen molar-refractivity contribution in [2.45, 2.75) is 220 Å². The number of hydrogen-bond acceptors (Lipinski definition) is 5. The molecule has 0 atom stereocenters. The Morgan fingerprint density at radius 3 is 1.29 bits per heavy atom. The Hall–Kier alpha value is -4.83. The average molecular weight is 1190 g/mol. The summed E-state index contributed by atoms with van der Waals surface area (Å²) in [7, 11) is 0. The van der Waals surface area contributed by atoms with E-state index in [1.54, 1.807) is 6.20 Å². The molecule has 0 radical (unpaired) electrons. The van der Waals surface area contributed by atoms with E-state index in [2.05, 4.69) is 61.7 Å². The van der Waals surface area contributed by atoms with E-state index in [-0.39, 0.29) is 21.1 Å². The molecular weight excluding hydrogens is 1100 g/mol. The monoisotopic (exact) mass is 1190 g/mol. The Kier molecular flexibility index (Phi) is 37.2. The molecule has 3 aromatic carbocycles. The molecule has 0 unspecified atom stereocenters. The molecule has 0 aliphatic heterocycles. The van der Waals surface area contributed by atoms with E-state index < -0.39 is 0 Å². The van der Waals surface area contributed by atoms with Crippen molar-refractivity contribution in [2.24, 2.45) is 0 Å². The number of rotatable bonds is 38. The zero-order valence-electron chi connectivity index (χ0n) is 47.0. The first-order valence-corrected chi connectivity index (χ1v) is 29.5. The van der Waals surface area contributed by atoms with Gasteiger partial charge in [-0.2, -0.15) is 0 Å². The fourth-order valence-electron chi connectivity index (χ4n) is 9.03. The van der Waals surface area contributed by atoms with Gasteiger partial charge in [0.1, 0.15) is 0 Å². The van der Waals surface area contributed by atoms with Gasteiger partial charge in [-0.25, -0.2) is 0 Å². The van der Waals surface area contributed by atoms with Gasteiger partial charge in [-0.05, 0) is 62.2 Å². The number of aromatic nitrogens is 2. The number of ether oxygens (including phenoxy) is 3. The topological polar surface area (TPSA) is 53.5 Å². The molecule has 2 aromatic heterocycles. The van der Waals surface area contributed by atoms with Crippen LogP contribution in [0.3, 0.4) is 0 Å². The second-order valence-electron chi connectivity index (χ2n) is 20.3. The van der Waals surface area contributed by atoms with E-state index in [1.165, 1.54) is 179 Å². The van der Waals surface area contributed by atoms with Gasteiger partial charge >= 0.3 is 21.1 Å². The second-order valence-corrected chi connectivity index (χ2v) is 20.3. The maximum absolute atomic E-state index is 6.76. The quantitative estimate of drug-likeness (QED) is 0.0224. The summed E-state index contributed by atoms with van der Waals surface area (Å²) in [4.78, 5) is 9.59. The molecule has 5 nitrogen and oxygen atoms in total. The molecule has 0 saturated heterocycles. The third-order valence-corrected chi connectivity index (χ3v) is 13.6. The molecule has 0 aliphatic rings. The van der Waals surface area contributed by atoms with Crippen LogP contribution in [-0.4, -0.2) is 29.8 Å². The maximum Gasteiger partial charge on any atom is 2.00 e. The third kappa shape index (κ3) is 29.3. The zero-order chi connectivity index (χ0) is 52.4. The number of benzene rings is 3. The number of pyridine rings is 2. The normalized spacial score (nSPS) is 10.6. The van der Waals surface area contributed by atoms with E-state index >= 15 is 0 Å². The van der Waals surface area contributed by atoms with Crippen molar-refractivity contribution in [1.82, 2.24) is 9.97 Å². The standard InChI is InChI=1S/C60H87N2O3.C9H7.Pt/c1-4-7-10-13-16-19-22-25-28-36-45-63-58-50-53(43-42-52-48-56(54-39-32-31-33-40-54)62-57(49-52)55-41-34-35-44-61-55)51-59(64-46-37-29-26-23-20-17-14-11-8-5-2)60(58)65-47-38-30-27-24-21-18-15-12-9-6-3;1-3-9-6-4-8(2)5-7-9;/h31-35,39,41,44,48-51H,4-30,36-38,45-47H2,1-3H3;4-7H,2H3;/q2*-1;+2. The molecule has 0 spiro atoms. The van der Waals surface area contributed by atoms with Gasteiger partial charge in [0.05, 0.1) is 31.2 Å². The Morgan fingerprint density at radius 2 is 0.867 bits per heavy atom. The largest absolute Gasteiger partial charge is 2.00 e. The van der Waals surface area contributed by atoms with Crippen molar-refractivity contribution in [1.29, 1.82) is 0 Å². The van der Waals surface area contributed by atoms with Crippen molar-refractivity contribution < 1.29 is 35.3 Å². The number of hydrogen-bond donors (Lipinski definition) is 0. The molecule has 6 heteroatoms. The van der Waals surface area contributed by atoms with Gasteiger partial charge in [0.25, 0.3) is 0 Å². The number of nitrogens with zero attached hydrogens (tertiary/aromatic N) is 2. The molecule has 2 heterocycles. The van der Waals surface area contributed by atoms with Gasteiger partial charge in [-0.1, -0.05) is 236 Å². The molecule has 0 N–H and O–H groups in total. The van der Waals surface area contributed by atoms with Crippen LogP contribution in [0, 0.1) is 37.2 Å². The molecule has 75 heavy (non-hydrogen) atoms. The summed E-state index contributed by atoms with van der Waals surface area (Å²) < 4.78 is 20.0. The van der Waals surface area contributed by atoms with Crippen molar-refractivity contribution in [3.05, 3.63) is 132 Å². The summed E-state index contributed by atoms with van der Waals surface area (Å²) in [5.41, 5.74) is 7.07. The predicted octanol–water partition coefficient (Wildman–Crippen LogP) is 19.8. The Bertz CT molecular complexity index is 2170. The van der Waals surface area contributed by atoms with Crippen LogP contribution < -0.4 is 14.2 Å². The van der Waals surface area contributed by atoms with Crippen LogP contribution in [0.25, 0.3) is 22.6 Å². The molecule has 0 fully saturated rings. The fraction of sp³-hybridized carbons (Fsp3) is 0.536. The second kappa shape index (κ2) is 43.3. The summed E-state index contributed by atoms with van der Waals surface area (Å²) in [5, 5.41) is 0. The fourth-order valence-corrected chi connectivity index (χ4v) is 9.03. The summed E-state index contributed by atoms with van der Waals surface area (Å²) in [6.07, 6.45) is 47.3. The van der Waals surface area contributed by atoms with Crippen molar-refractivity contribution >= 4 is 0 Å². The van der Waals surface area contributed by atoms with E-state index in [0.717, 1.165) is 75.8 Å². The molecule has 0 amide bonds. The van der Waals surface area contributed by atoms with Crippen LogP contribution in [0.5, 0.6) is 17.2 Å². The van der Waals surface area contributed by atoms with Crippen LogP contribution in [-0.2, 0) is 21.1 Å². The van der Waals surface area contributed by atoms with E-state index in [4.69, 9.17) is 25.6 Å². The summed E-state index contributed by atoms with van der Waals surface area (Å²) in [6, 6.07) is 33.1. The average Bonchev–Trinajstić information content (AvgIpc) is 3.43. The predicted molar refractivity (Wildman–Crippen MR) is 314 cm³/mol. The summed E-state index contributed by atoms with van der Waals surface area (Å²) in [5.74, 6) is 11.5. The van der Waals surface area contributed by atoms with Crippen LogP contribution >= 0.6 is 0 Å². The van der Waals surface area contributed by atoms with Crippen LogP contribution in [0.4, 0.5) is 0 Å². The van der Waals surface area contributed by atoms with Gasteiger partial charge in [-0.3, -0.25) is 15.9 Å². The van der Waals surface area contributed by atoms with Crippen molar-refractivity contribution in [3.8, 4) is 57.7 Å². The first-order chi connectivity index (χ1) is 36.5. The minimum Gasteiger partial charge on any atom is -0.490 e. The van der Waals surface area contributed by atoms with Crippen LogP contribution in [0.2, 0.25) is 0 Å². The SMILES string of the molecule is CCCCCCCCCCCCOc1cc(C#Cc2cc(-c3[c-]cccc3)nc(-c3ccccn3)c2)cc(OCCCCCCCCCCCC)c1OCCCCCCCCCCCC.[C-]#Cc1ccc(C)cc1.[Pt+2]. The van der Waals surface area contributed by atoms with Gasteiger partial charge in [0, 0.05) is 17.3 Å². The molecule has 5 rings (SSSR count). The number of aryl methyl sites for hydroxylation is 1. The Morgan fingerprint density at radius 1 is 0.440 bits per heavy atom. The molecule has 0 aliphatic carbocycles. The van der Waals surface area contributed by atoms with E-state index in [1.807, 2.05) is 85.8 Å². The first-order valence-electron chi connectivity index (χ1n) is 29.5. The van der Waals surface area contributed by atoms with Gasteiger partial charge in [0.15, 0.2) is 11.5 Å². The van der Waals surface area contributed by atoms with E-state index in [9.17, 15) is 0 Å². The minimum absolute atomic E-state index is 0. The van der Waals surface area contributed by atoms with Crippen molar-refractivity contribution in [2.75, 3.05) is 19.8 Å². The molecule has 408 valence electrons. The third-order valence-electron chi connectivity index (χ3n) is 13.6. The zero-order valence-corrected chi connectivity index (χ0v) is 49.3. The van der Waals surface area contributed by atoms with Crippen LogP contribution in [0.1, 0.15) is 236 Å². The Labute approximate surface area is 472 Å². The molecular formula is C69H94N2O3Pt. The van der Waals surface area contributed by atoms with Gasteiger partial charge < -0.3 is 20.6 Å². The molecule has 5 aromatic rings. The van der Waals surface area contributed by atoms with Gasteiger partial charge in [0.2, 0.25) is 5.75 Å². The molecule has 0 saturated carbocycles. The maximum atomic E-state index is 6.76. The summed E-state index contributed by atoms with van der Waals surface area (Å²) in [6.45, 7) is 10.8. The summed E-state index contributed by atoms with van der Waals surface area (Å²) >= 11 is 0. The van der Waals surface area contributed by atoms with Crippen LogP contribution in [0.15, 0.2) is 97.2 Å². The molecule has 0 bridgehead atoms. The van der Waals surface area contributed by atoms with E-state index in [0.29, 0.717) is 19.8 Å². The first kappa shape index (κ1) is 64.5. The van der Waals surface area contributed by atoms with Crippen molar-refractivity contribution in [3.63, 3.8) is 0 Å². The Balaban J connectivity index is 0.00000134. The van der Waals surface area contributed by atoms with Gasteiger partial charge in [-0.15, -0.1) is 53.6 Å². The number of unbranched alkanes of at least 4 members (excludes halogenated alkanes) is 27. The smallest absolute Gasteiger partial charge is 0.490 e.